The molecule has 0 aromatic heterocycles. The lowest BCUT2D eigenvalue weighted by Crippen LogP contribution is -1.83. The average molecular weight is 234 g/mol. The minimum Gasteiger partial charge on any atom is -0.197 e. The highest BCUT2D eigenvalue weighted by atomic mass is 79.9. The van der Waals surface area contributed by atoms with Crippen molar-refractivity contribution >= 4 is 15.9 Å². The van der Waals surface area contributed by atoms with Crippen molar-refractivity contribution in [2.45, 2.75) is 11.8 Å². The van der Waals surface area contributed by atoms with Crippen LogP contribution in [0.1, 0.15) is 17.5 Å². The highest BCUT2D eigenvalue weighted by Crippen LogP contribution is 2.10. The number of hydrogen-bond acceptors (Lipinski definition) is 1. The predicted molar refractivity (Wildman–Crippen MR) is 56.2 cm³/mol. The molecule has 1 aromatic rings. The van der Waals surface area contributed by atoms with E-state index in [0.717, 1.165) is 16.5 Å². The van der Waals surface area contributed by atoms with Crippen molar-refractivity contribution in [3.8, 4) is 17.9 Å². The zero-order valence-corrected chi connectivity index (χ0v) is 8.63. The Balaban J connectivity index is 2.90. The van der Waals surface area contributed by atoms with Crippen molar-refractivity contribution in [3.63, 3.8) is 0 Å². The molecule has 0 N–H and O–H groups in total. The number of rotatable bonds is 1. The second-order valence-electron chi connectivity index (χ2n) is 2.43. The van der Waals surface area contributed by atoms with Crippen LogP contribution in [-0.4, -0.2) is 0 Å². The van der Waals surface area contributed by atoms with Crippen LogP contribution < -0.4 is 0 Å². The summed E-state index contributed by atoms with van der Waals surface area (Å²) in [6, 6.07) is 9.89. The summed E-state index contributed by atoms with van der Waals surface area (Å²) in [4.78, 5) is 0. The molecular weight excluding hydrogens is 226 g/mol. The Kier molecular flexibility index (Phi) is 4.09. The normalized spacial score (nSPS) is 8.31. The van der Waals surface area contributed by atoms with Crippen LogP contribution in [0.4, 0.5) is 0 Å². The highest BCUT2D eigenvalue weighted by molar-refractivity contribution is 9.08. The average Bonchev–Trinajstić information content (AvgIpc) is 2.19. The molecule has 0 fully saturated rings. The zero-order valence-electron chi connectivity index (χ0n) is 7.05. The van der Waals surface area contributed by atoms with Gasteiger partial charge in [-0.15, -0.1) is 0 Å². The van der Waals surface area contributed by atoms with E-state index < -0.39 is 0 Å². The van der Waals surface area contributed by atoms with Gasteiger partial charge < -0.3 is 0 Å². The Morgan fingerprint density at radius 3 is 2.77 bits per heavy atom. The molecule has 0 amide bonds. The van der Waals surface area contributed by atoms with E-state index in [4.69, 9.17) is 5.26 Å². The van der Waals surface area contributed by atoms with E-state index in [1.165, 1.54) is 0 Å². The van der Waals surface area contributed by atoms with Gasteiger partial charge in [-0.25, -0.2) is 0 Å². The SMILES string of the molecule is N#CCC#Cc1ccccc1CBr. The molecule has 0 aliphatic heterocycles. The fourth-order valence-electron chi connectivity index (χ4n) is 0.938. The molecule has 0 radical (unpaired) electrons. The molecule has 64 valence electrons. The smallest absolute Gasteiger partial charge is 0.0966 e. The molecular formula is C11H8BrN. The third-order valence-corrected chi connectivity index (χ3v) is 2.16. The number of benzene rings is 1. The lowest BCUT2D eigenvalue weighted by Gasteiger charge is -1.97. The Morgan fingerprint density at radius 2 is 2.08 bits per heavy atom. The number of halogens is 1. The summed E-state index contributed by atoms with van der Waals surface area (Å²) in [5, 5.41) is 9.11. The fourth-order valence-corrected chi connectivity index (χ4v) is 1.43. The second kappa shape index (κ2) is 5.41. The van der Waals surface area contributed by atoms with Crippen molar-refractivity contribution < 1.29 is 0 Å². The molecule has 0 saturated heterocycles. The first kappa shape index (κ1) is 9.84. The fraction of sp³-hybridized carbons (Fsp3) is 0.182. The second-order valence-corrected chi connectivity index (χ2v) is 2.99. The van der Waals surface area contributed by atoms with Gasteiger partial charge in [-0.05, 0) is 11.6 Å². The molecule has 0 bridgehead atoms. The third kappa shape index (κ3) is 2.93. The molecule has 0 atom stereocenters. The molecule has 0 unspecified atom stereocenters. The molecule has 1 aromatic carbocycles. The Bertz CT molecular complexity index is 379. The van der Waals surface area contributed by atoms with E-state index in [0.29, 0.717) is 0 Å². The summed E-state index contributed by atoms with van der Waals surface area (Å²) in [6.07, 6.45) is 0.288. The van der Waals surface area contributed by atoms with Gasteiger partial charge in [0.1, 0.15) is 0 Å². The predicted octanol–water partition coefficient (Wildman–Crippen LogP) is 2.85. The van der Waals surface area contributed by atoms with Crippen molar-refractivity contribution in [3.05, 3.63) is 35.4 Å². The van der Waals surface area contributed by atoms with Crippen LogP contribution in [0.5, 0.6) is 0 Å². The van der Waals surface area contributed by atoms with Crippen LogP contribution in [0.2, 0.25) is 0 Å². The van der Waals surface area contributed by atoms with Crippen molar-refractivity contribution in [1.29, 1.82) is 5.26 Å². The number of hydrogen-bond donors (Lipinski definition) is 0. The van der Waals surface area contributed by atoms with Crippen LogP contribution in [0.3, 0.4) is 0 Å². The topological polar surface area (TPSA) is 23.8 Å². The number of nitriles is 1. The minimum atomic E-state index is 0.288. The number of alkyl halides is 1. The largest absolute Gasteiger partial charge is 0.197 e. The van der Waals surface area contributed by atoms with Crippen LogP contribution in [0, 0.1) is 23.2 Å². The summed E-state index contributed by atoms with van der Waals surface area (Å²) in [6.45, 7) is 0. The summed E-state index contributed by atoms with van der Waals surface area (Å²) in [5.41, 5.74) is 2.16. The van der Waals surface area contributed by atoms with Crippen LogP contribution >= 0.6 is 15.9 Å². The first-order chi connectivity index (χ1) is 6.38. The third-order valence-electron chi connectivity index (χ3n) is 1.55. The summed E-state index contributed by atoms with van der Waals surface area (Å²) in [5.74, 6) is 5.76. The van der Waals surface area contributed by atoms with Crippen LogP contribution in [-0.2, 0) is 5.33 Å². The number of nitrogens with zero attached hydrogens (tertiary/aromatic N) is 1. The lowest BCUT2D eigenvalue weighted by molar-refractivity contribution is 1.38. The molecule has 0 aliphatic rings. The lowest BCUT2D eigenvalue weighted by atomic mass is 10.1. The van der Waals surface area contributed by atoms with Crippen molar-refractivity contribution in [2.75, 3.05) is 0 Å². The molecule has 13 heavy (non-hydrogen) atoms. The van der Waals surface area contributed by atoms with Gasteiger partial charge in [0.05, 0.1) is 12.5 Å². The first-order valence-electron chi connectivity index (χ1n) is 3.88. The molecule has 2 heteroatoms. The molecule has 1 nitrogen and oxygen atoms in total. The van der Waals surface area contributed by atoms with E-state index >= 15 is 0 Å². The van der Waals surface area contributed by atoms with Gasteiger partial charge in [0, 0.05) is 10.9 Å². The quantitative estimate of drug-likeness (QED) is 0.541. The van der Waals surface area contributed by atoms with E-state index in [9.17, 15) is 0 Å². The molecule has 0 spiro atoms. The molecule has 0 aliphatic carbocycles. The molecule has 0 heterocycles. The van der Waals surface area contributed by atoms with Gasteiger partial charge in [0.15, 0.2) is 0 Å². The van der Waals surface area contributed by atoms with Crippen LogP contribution in [0.15, 0.2) is 24.3 Å². The Morgan fingerprint density at radius 1 is 1.31 bits per heavy atom. The van der Waals surface area contributed by atoms with Gasteiger partial charge in [-0.3, -0.25) is 0 Å². The standard InChI is InChI=1S/C11H8BrN/c12-9-11-7-2-1-5-10(11)6-3-4-8-13/h1-2,5,7H,4,9H2. The van der Waals surface area contributed by atoms with E-state index in [1.54, 1.807) is 0 Å². The van der Waals surface area contributed by atoms with Crippen molar-refractivity contribution in [1.82, 2.24) is 0 Å². The van der Waals surface area contributed by atoms with Crippen LogP contribution in [0.25, 0.3) is 0 Å². The summed E-state index contributed by atoms with van der Waals surface area (Å²) in [7, 11) is 0. The van der Waals surface area contributed by atoms with Crippen molar-refractivity contribution in [2.24, 2.45) is 0 Å². The first-order valence-corrected chi connectivity index (χ1v) is 5.00. The van der Waals surface area contributed by atoms with Gasteiger partial charge in [-0.1, -0.05) is 46.0 Å². The maximum absolute atomic E-state index is 8.31. The van der Waals surface area contributed by atoms with E-state index in [-0.39, 0.29) is 6.42 Å². The Hall–Kier alpha value is -1.25. The summed E-state index contributed by atoms with van der Waals surface area (Å²) < 4.78 is 0. The Labute approximate surface area is 86.5 Å². The van der Waals surface area contributed by atoms with Gasteiger partial charge in [0.2, 0.25) is 0 Å². The van der Waals surface area contributed by atoms with E-state index in [1.807, 2.05) is 30.3 Å². The van der Waals surface area contributed by atoms with Gasteiger partial charge in [0.25, 0.3) is 0 Å². The summed E-state index contributed by atoms with van der Waals surface area (Å²) >= 11 is 3.38. The minimum absolute atomic E-state index is 0.288. The zero-order chi connectivity index (χ0) is 9.52. The molecule has 1 rings (SSSR count). The van der Waals surface area contributed by atoms with E-state index in [2.05, 4.69) is 27.8 Å². The molecule has 0 saturated carbocycles. The van der Waals surface area contributed by atoms with Gasteiger partial charge in [-0.2, -0.15) is 5.26 Å². The maximum Gasteiger partial charge on any atom is 0.0966 e. The van der Waals surface area contributed by atoms with Gasteiger partial charge >= 0.3 is 0 Å². The highest BCUT2D eigenvalue weighted by Gasteiger charge is 1.94. The monoisotopic (exact) mass is 233 g/mol. The maximum atomic E-state index is 8.31.